The first-order valence-electron chi connectivity index (χ1n) is 2.39. The van der Waals surface area contributed by atoms with Crippen molar-refractivity contribution in [3.8, 4) is 0 Å². The fourth-order valence-electron chi connectivity index (χ4n) is 0.510. The molecule has 0 unspecified atom stereocenters. The minimum absolute atomic E-state index is 0.741. The predicted molar refractivity (Wildman–Crippen MR) is 67.2 cm³/mol. The first-order valence-corrected chi connectivity index (χ1v) is 16.0. The molecule has 0 aliphatic carbocycles. The van der Waals surface area contributed by atoms with Crippen LogP contribution in [0.3, 0.4) is 0 Å². The van der Waals surface area contributed by atoms with Gasteiger partial charge >= 0.3 is 83.0 Å². The van der Waals surface area contributed by atoms with E-state index in [1.807, 2.05) is 0 Å². The van der Waals surface area contributed by atoms with Crippen LogP contribution in [0, 0.1) is 3.57 Å². The number of halogens is 3. The second kappa shape index (κ2) is 4.32. The van der Waals surface area contributed by atoms with E-state index in [0.717, 1.165) is 0 Å². The Morgan fingerprint density at radius 2 is 1.56 bits per heavy atom. The molecule has 0 aliphatic heterocycles. The van der Waals surface area contributed by atoms with Gasteiger partial charge in [0.05, 0.1) is 0 Å². The number of hydrogen-bond acceptors (Lipinski definition) is 0. The van der Waals surface area contributed by atoms with Crippen LogP contribution >= 0.6 is 49.1 Å². The summed E-state index contributed by atoms with van der Waals surface area (Å²) in [6.45, 7) is 0. The van der Waals surface area contributed by atoms with Crippen LogP contribution in [0.25, 0.3) is 0 Å². The summed E-state index contributed by atoms with van der Waals surface area (Å²) in [4.78, 5) is 0. The third-order valence-corrected chi connectivity index (χ3v) is 8.88. The monoisotopic (exact) mass is 458 g/mol. The standard InChI is InChI=1S/C6H5I3/c7-9(8)6-4-2-1-3-5-6/h1-5H. The van der Waals surface area contributed by atoms with Gasteiger partial charge in [0.1, 0.15) is 0 Å². The molecular weight excluding hydrogens is 453 g/mol. The molecule has 3 heteroatoms. The van der Waals surface area contributed by atoms with Crippen LogP contribution in [-0.2, 0) is 0 Å². The number of hydrogen-bond donors (Lipinski definition) is 0. The van der Waals surface area contributed by atoms with Crippen molar-refractivity contribution < 1.29 is 0 Å². The van der Waals surface area contributed by atoms with Crippen LogP contribution in [0.4, 0.5) is 0 Å². The van der Waals surface area contributed by atoms with Crippen molar-refractivity contribution in [2.24, 2.45) is 0 Å². The van der Waals surface area contributed by atoms with Crippen molar-refractivity contribution in [3.63, 3.8) is 0 Å². The van der Waals surface area contributed by atoms with Crippen molar-refractivity contribution in [1.29, 1.82) is 0 Å². The maximum absolute atomic E-state index is 2.55. The summed E-state index contributed by atoms with van der Waals surface area (Å²) in [5, 5.41) is 0. The summed E-state index contributed by atoms with van der Waals surface area (Å²) in [5.41, 5.74) is 0. The summed E-state index contributed by atoms with van der Waals surface area (Å²) in [7, 11) is 0. The van der Waals surface area contributed by atoms with Crippen molar-refractivity contribution in [2.75, 3.05) is 0 Å². The average molecular weight is 458 g/mol. The van der Waals surface area contributed by atoms with E-state index in [9.17, 15) is 0 Å². The van der Waals surface area contributed by atoms with E-state index in [4.69, 9.17) is 0 Å². The molecule has 0 spiro atoms. The molecule has 9 heavy (non-hydrogen) atoms. The van der Waals surface area contributed by atoms with Crippen molar-refractivity contribution in [3.05, 3.63) is 33.9 Å². The predicted octanol–water partition coefficient (Wildman–Crippen LogP) is 4.06. The van der Waals surface area contributed by atoms with Crippen LogP contribution in [0.5, 0.6) is 0 Å². The molecule has 0 amide bonds. The summed E-state index contributed by atoms with van der Waals surface area (Å²) < 4.78 is 1.54. The van der Waals surface area contributed by atoms with E-state index in [0.29, 0.717) is 0 Å². The Bertz CT molecular complexity index is 171. The Labute approximate surface area is 81.5 Å². The SMILES string of the molecule is II(I)c1ccccc1. The Morgan fingerprint density at radius 1 is 1.00 bits per heavy atom. The summed E-state index contributed by atoms with van der Waals surface area (Å²) >= 11 is 4.36. The van der Waals surface area contributed by atoms with Crippen LogP contribution in [0.15, 0.2) is 30.3 Å². The second-order valence-electron chi connectivity index (χ2n) is 1.49. The van der Waals surface area contributed by atoms with E-state index in [2.05, 4.69) is 67.6 Å². The van der Waals surface area contributed by atoms with E-state index >= 15 is 0 Å². The van der Waals surface area contributed by atoms with Crippen LogP contribution in [-0.4, -0.2) is 0 Å². The average Bonchev–Trinajstić information content (AvgIpc) is 1.90. The quantitative estimate of drug-likeness (QED) is 0.558. The molecule has 1 rings (SSSR count). The zero-order valence-electron chi connectivity index (χ0n) is 4.52. The Hall–Kier alpha value is 1.41. The summed E-state index contributed by atoms with van der Waals surface area (Å²) in [6, 6.07) is 10.7. The van der Waals surface area contributed by atoms with Gasteiger partial charge in [0, 0.05) is 0 Å². The zero-order chi connectivity index (χ0) is 6.69. The second-order valence-corrected chi connectivity index (χ2v) is 25.3. The van der Waals surface area contributed by atoms with Crippen LogP contribution in [0.2, 0.25) is 0 Å². The van der Waals surface area contributed by atoms with Crippen molar-refractivity contribution >= 4 is 49.1 Å². The molecule has 1 aromatic rings. The third kappa shape index (κ3) is 2.87. The normalized spacial score (nSPS) is 11.1. The number of benzene rings is 1. The van der Waals surface area contributed by atoms with E-state index in [1.165, 1.54) is 0 Å². The van der Waals surface area contributed by atoms with Gasteiger partial charge in [0.15, 0.2) is 0 Å². The van der Waals surface area contributed by atoms with Crippen molar-refractivity contribution in [1.82, 2.24) is 0 Å². The molecule has 50 valence electrons. The summed E-state index contributed by atoms with van der Waals surface area (Å²) in [5.74, 6) is 0. The molecule has 0 aromatic heterocycles. The van der Waals surface area contributed by atoms with Gasteiger partial charge in [-0.3, -0.25) is 0 Å². The van der Waals surface area contributed by atoms with Gasteiger partial charge in [-0.15, -0.1) is 0 Å². The Balaban J connectivity index is 2.85. The van der Waals surface area contributed by atoms with Gasteiger partial charge in [0.2, 0.25) is 0 Å². The fourth-order valence-corrected chi connectivity index (χ4v) is 5.12. The molecule has 0 fully saturated rings. The van der Waals surface area contributed by atoms with Crippen LogP contribution in [0.1, 0.15) is 0 Å². The topological polar surface area (TPSA) is 0 Å². The molecule has 0 nitrogen and oxygen atoms in total. The van der Waals surface area contributed by atoms with Gasteiger partial charge in [0.25, 0.3) is 0 Å². The molecule has 0 aliphatic rings. The minimum atomic E-state index is -0.741. The molecule has 0 saturated heterocycles. The molecule has 0 saturated carbocycles. The third-order valence-electron chi connectivity index (χ3n) is 0.898. The number of rotatable bonds is 1. The van der Waals surface area contributed by atoms with Gasteiger partial charge in [-0.1, -0.05) is 0 Å². The molecule has 0 atom stereocenters. The van der Waals surface area contributed by atoms with E-state index in [1.54, 1.807) is 3.57 Å². The Kier molecular flexibility index (Phi) is 4.08. The first kappa shape index (κ1) is 8.51. The van der Waals surface area contributed by atoms with Gasteiger partial charge < -0.3 is 0 Å². The molecular formula is C6H5I3. The molecule has 1 aromatic carbocycles. The van der Waals surface area contributed by atoms with Crippen molar-refractivity contribution in [2.45, 2.75) is 0 Å². The van der Waals surface area contributed by atoms with E-state index < -0.39 is 11.9 Å². The van der Waals surface area contributed by atoms with Crippen LogP contribution < -0.4 is 0 Å². The molecule has 0 radical (unpaired) electrons. The van der Waals surface area contributed by atoms with Gasteiger partial charge in [-0.05, 0) is 0 Å². The maximum atomic E-state index is 2.55. The van der Waals surface area contributed by atoms with E-state index in [-0.39, 0.29) is 0 Å². The first-order chi connectivity index (χ1) is 4.30. The summed E-state index contributed by atoms with van der Waals surface area (Å²) in [6.07, 6.45) is 0. The molecule has 0 N–H and O–H groups in total. The van der Waals surface area contributed by atoms with Gasteiger partial charge in [-0.2, -0.15) is 0 Å². The van der Waals surface area contributed by atoms with Gasteiger partial charge in [-0.25, -0.2) is 0 Å². The Morgan fingerprint density at radius 3 is 1.89 bits per heavy atom. The zero-order valence-corrected chi connectivity index (χ0v) is 11.0. The molecule has 0 heterocycles. The fraction of sp³-hybridized carbons (Fsp3) is 0. The molecule has 0 bridgehead atoms.